The average Bonchev–Trinajstić information content (AvgIpc) is 2.30. The van der Waals surface area contributed by atoms with Gasteiger partial charge in [-0.05, 0) is 44.1 Å². The fourth-order valence-electron chi connectivity index (χ4n) is 2.34. The Morgan fingerprint density at radius 1 is 1.17 bits per heavy atom. The van der Waals surface area contributed by atoms with Gasteiger partial charge in [-0.1, -0.05) is 27.7 Å². The number of hydrogen-bond donors (Lipinski definition) is 1. The third-order valence-corrected chi connectivity index (χ3v) is 3.53. The first-order chi connectivity index (χ1) is 8.42. The molecule has 0 bridgehead atoms. The zero-order valence-corrected chi connectivity index (χ0v) is 12.9. The number of rotatable bonds is 9. The third kappa shape index (κ3) is 7.00. The first-order valence-corrected chi connectivity index (χ1v) is 7.40. The molecule has 0 saturated heterocycles. The molecule has 0 aliphatic rings. The van der Waals surface area contributed by atoms with E-state index in [-0.39, 0.29) is 0 Å². The van der Waals surface area contributed by atoms with Gasteiger partial charge < -0.3 is 10.6 Å². The van der Waals surface area contributed by atoms with Crippen molar-refractivity contribution in [2.45, 2.75) is 53.9 Å². The molecule has 18 heavy (non-hydrogen) atoms. The Bertz CT molecular complexity index is 227. The lowest BCUT2D eigenvalue weighted by Gasteiger charge is -2.25. The summed E-state index contributed by atoms with van der Waals surface area (Å²) in [6.07, 6.45) is 2.67. The summed E-state index contributed by atoms with van der Waals surface area (Å²) in [5.41, 5.74) is 5.63. The lowest BCUT2D eigenvalue weighted by molar-refractivity contribution is -0.131. The highest BCUT2D eigenvalue weighted by Crippen LogP contribution is 2.21. The largest absolute Gasteiger partial charge is 0.343 e. The van der Waals surface area contributed by atoms with Crippen molar-refractivity contribution in [3.8, 4) is 0 Å². The lowest BCUT2D eigenvalue weighted by Crippen LogP contribution is -2.34. The van der Waals surface area contributed by atoms with Crippen LogP contribution in [0.15, 0.2) is 0 Å². The monoisotopic (exact) mass is 256 g/mol. The maximum Gasteiger partial charge on any atom is 0.222 e. The van der Waals surface area contributed by atoms with Crippen LogP contribution in [0.1, 0.15) is 53.9 Å². The molecule has 0 aromatic rings. The van der Waals surface area contributed by atoms with E-state index in [0.717, 1.165) is 32.5 Å². The molecule has 3 heteroatoms. The van der Waals surface area contributed by atoms with Crippen LogP contribution in [0.4, 0.5) is 0 Å². The van der Waals surface area contributed by atoms with Gasteiger partial charge in [0.15, 0.2) is 0 Å². The quantitative estimate of drug-likeness (QED) is 0.689. The number of carbonyl (C=O) groups excluding carboxylic acids is 1. The molecule has 0 radical (unpaired) electrons. The van der Waals surface area contributed by atoms with Crippen molar-refractivity contribution < 1.29 is 4.79 Å². The molecule has 2 N–H and O–H groups in total. The standard InChI is InChI=1S/C15H32N2O/c1-6-17(11-12(2)3)15(18)8-7-14(9-10-16)13(4)5/h12-14H,6-11,16H2,1-5H3. The van der Waals surface area contributed by atoms with E-state index in [2.05, 4.69) is 34.6 Å². The molecule has 0 spiro atoms. The van der Waals surface area contributed by atoms with Crippen molar-refractivity contribution in [2.24, 2.45) is 23.5 Å². The van der Waals surface area contributed by atoms with Gasteiger partial charge in [-0.3, -0.25) is 4.79 Å². The Kier molecular flexibility index (Phi) is 9.08. The number of amides is 1. The SMILES string of the molecule is CCN(CC(C)C)C(=O)CCC(CCN)C(C)C. The summed E-state index contributed by atoms with van der Waals surface area (Å²) < 4.78 is 0. The van der Waals surface area contributed by atoms with Gasteiger partial charge in [0.1, 0.15) is 0 Å². The molecule has 3 nitrogen and oxygen atoms in total. The molecule has 0 aromatic carbocycles. The molecule has 1 unspecified atom stereocenters. The highest BCUT2D eigenvalue weighted by atomic mass is 16.2. The van der Waals surface area contributed by atoms with E-state index in [1.54, 1.807) is 0 Å². The van der Waals surface area contributed by atoms with Crippen LogP contribution in [0.25, 0.3) is 0 Å². The van der Waals surface area contributed by atoms with Gasteiger partial charge in [-0.25, -0.2) is 0 Å². The van der Waals surface area contributed by atoms with Gasteiger partial charge in [0.2, 0.25) is 5.91 Å². The fraction of sp³-hybridized carbons (Fsp3) is 0.933. The zero-order valence-electron chi connectivity index (χ0n) is 12.9. The second-order valence-corrected chi connectivity index (χ2v) is 5.95. The highest BCUT2D eigenvalue weighted by molar-refractivity contribution is 5.76. The van der Waals surface area contributed by atoms with E-state index in [9.17, 15) is 4.79 Å². The molecular formula is C15H32N2O. The number of carbonyl (C=O) groups is 1. The van der Waals surface area contributed by atoms with Crippen LogP contribution in [0, 0.1) is 17.8 Å². The highest BCUT2D eigenvalue weighted by Gasteiger charge is 2.17. The Morgan fingerprint density at radius 2 is 1.78 bits per heavy atom. The van der Waals surface area contributed by atoms with Gasteiger partial charge >= 0.3 is 0 Å². The van der Waals surface area contributed by atoms with Crippen molar-refractivity contribution in [1.29, 1.82) is 0 Å². The summed E-state index contributed by atoms with van der Waals surface area (Å²) in [5.74, 6) is 2.03. The predicted octanol–water partition coefficient (Wildman–Crippen LogP) is 2.89. The average molecular weight is 256 g/mol. The minimum Gasteiger partial charge on any atom is -0.343 e. The summed E-state index contributed by atoms with van der Waals surface area (Å²) in [6, 6.07) is 0. The van der Waals surface area contributed by atoms with Crippen LogP contribution in [-0.4, -0.2) is 30.4 Å². The van der Waals surface area contributed by atoms with Gasteiger partial charge in [-0.15, -0.1) is 0 Å². The topological polar surface area (TPSA) is 46.3 Å². The molecular weight excluding hydrogens is 224 g/mol. The Balaban J connectivity index is 4.19. The minimum atomic E-state index is 0.300. The fourth-order valence-corrected chi connectivity index (χ4v) is 2.34. The smallest absolute Gasteiger partial charge is 0.222 e. The number of hydrogen-bond acceptors (Lipinski definition) is 2. The second-order valence-electron chi connectivity index (χ2n) is 5.95. The maximum atomic E-state index is 12.1. The summed E-state index contributed by atoms with van der Waals surface area (Å²) >= 11 is 0. The maximum absolute atomic E-state index is 12.1. The van der Waals surface area contributed by atoms with E-state index < -0.39 is 0 Å². The van der Waals surface area contributed by atoms with Crippen LogP contribution >= 0.6 is 0 Å². The van der Waals surface area contributed by atoms with E-state index in [4.69, 9.17) is 5.73 Å². The molecule has 0 fully saturated rings. The summed E-state index contributed by atoms with van der Waals surface area (Å²) in [6.45, 7) is 13.2. The van der Waals surface area contributed by atoms with Crippen molar-refractivity contribution in [3.05, 3.63) is 0 Å². The first kappa shape index (κ1) is 17.4. The van der Waals surface area contributed by atoms with Crippen LogP contribution in [0.2, 0.25) is 0 Å². The predicted molar refractivity (Wildman–Crippen MR) is 78.3 cm³/mol. The summed E-state index contributed by atoms with van der Waals surface area (Å²) in [5, 5.41) is 0. The number of nitrogens with two attached hydrogens (primary N) is 1. The van der Waals surface area contributed by atoms with Crippen molar-refractivity contribution in [3.63, 3.8) is 0 Å². The van der Waals surface area contributed by atoms with Gasteiger partial charge in [0.05, 0.1) is 0 Å². The molecule has 0 aliphatic carbocycles. The first-order valence-electron chi connectivity index (χ1n) is 7.40. The van der Waals surface area contributed by atoms with Crippen molar-refractivity contribution in [1.82, 2.24) is 4.90 Å². The Morgan fingerprint density at radius 3 is 2.17 bits per heavy atom. The molecule has 0 saturated carbocycles. The van der Waals surface area contributed by atoms with E-state index in [0.29, 0.717) is 30.1 Å². The van der Waals surface area contributed by atoms with E-state index >= 15 is 0 Å². The van der Waals surface area contributed by atoms with Crippen molar-refractivity contribution in [2.75, 3.05) is 19.6 Å². The van der Waals surface area contributed by atoms with Crippen LogP contribution in [0.5, 0.6) is 0 Å². The van der Waals surface area contributed by atoms with Crippen LogP contribution in [-0.2, 0) is 4.79 Å². The van der Waals surface area contributed by atoms with Gasteiger partial charge in [-0.2, -0.15) is 0 Å². The normalized spacial score (nSPS) is 13.1. The van der Waals surface area contributed by atoms with E-state index in [1.165, 1.54) is 0 Å². The van der Waals surface area contributed by atoms with Crippen LogP contribution < -0.4 is 5.73 Å². The van der Waals surface area contributed by atoms with Crippen molar-refractivity contribution >= 4 is 5.91 Å². The zero-order chi connectivity index (χ0) is 14.1. The van der Waals surface area contributed by atoms with E-state index in [1.807, 2.05) is 4.90 Å². The third-order valence-electron chi connectivity index (χ3n) is 3.53. The molecule has 0 heterocycles. The van der Waals surface area contributed by atoms with Crippen LogP contribution in [0.3, 0.4) is 0 Å². The molecule has 0 rings (SSSR count). The lowest BCUT2D eigenvalue weighted by atomic mass is 9.88. The summed E-state index contributed by atoms with van der Waals surface area (Å²) in [4.78, 5) is 14.1. The molecule has 1 atom stereocenters. The van der Waals surface area contributed by atoms with Gasteiger partial charge in [0, 0.05) is 19.5 Å². The molecule has 108 valence electrons. The molecule has 1 amide bonds. The summed E-state index contributed by atoms with van der Waals surface area (Å²) in [7, 11) is 0. The Labute approximate surface area is 113 Å². The number of nitrogens with zero attached hydrogens (tertiary/aromatic N) is 1. The second kappa shape index (κ2) is 9.37. The minimum absolute atomic E-state index is 0.300. The van der Waals surface area contributed by atoms with Gasteiger partial charge in [0.25, 0.3) is 0 Å². The molecule has 0 aliphatic heterocycles. The molecule has 0 aromatic heterocycles. The Hall–Kier alpha value is -0.570.